The summed E-state index contributed by atoms with van der Waals surface area (Å²) >= 11 is 0. The summed E-state index contributed by atoms with van der Waals surface area (Å²) in [5.41, 5.74) is 4.96. The fourth-order valence-corrected chi connectivity index (χ4v) is 4.03. The van der Waals surface area contributed by atoms with Gasteiger partial charge in [-0.2, -0.15) is 0 Å². The minimum Gasteiger partial charge on any atom is -0.310 e. The first kappa shape index (κ1) is 18.9. The van der Waals surface area contributed by atoms with Crippen molar-refractivity contribution in [2.75, 3.05) is 4.90 Å². The zero-order valence-electron chi connectivity index (χ0n) is 17.3. The van der Waals surface area contributed by atoms with Crippen LogP contribution in [0.15, 0.2) is 120 Å². The van der Waals surface area contributed by atoms with E-state index in [1.807, 2.05) is 85.9 Å². The minimum absolute atomic E-state index is 0.0188. The van der Waals surface area contributed by atoms with Gasteiger partial charge in [-0.05, 0) is 66.4 Å². The lowest BCUT2D eigenvalue weighted by atomic mass is 10.1. The Bertz CT molecular complexity index is 1350. The average molecular weight is 402 g/mol. The van der Waals surface area contributed by atoms with Gasteiger partial charge in [0.25, 0.3) is 5.56 Å². The van der Waals surface area contributed by atoms with Crippen molar-refractivity contribution < 1.29 is 0 Å². The summed E-state index contributed by atoms with van der Waals surface area (Å²) in [6, 6.07) is 36.3. The highest BCUT2D eigenvalue weighted by Crippen LogP contribution is 2.35. The lowest BCUT2D eigenvalue weighted by Gasteiger charge is -2.25. The van der Waals surface area contributed by atoms with Crippen LogP contribution in [0.2, 0.25) is 0 Å². The average Bonchev–Trinajstić information content (AvgIpc) is 2.83. The Balaban J connectivity index is 1.74. The van der Waals surface area contributed by atoms with E-state index in [0.717, 1.165) is 33.7 Å². The molecule has 0 radical (unpaired) electrons. The number of nitrogens with zero attached hydrogens (tertiary/aromatic N) is 2. The van der Waals surface area contributed by atoms with Crippen molar-refractivity contribution in [1.29, 1.82) is 0 Å². The topological polar surface area (TPSA) is 25.2 Å². The first-order valence-electron chi connectivity index (χ1n) is 10.3. The highest BCUT2D eigenvalue weighted by atomic mass is 16.1. The molecule has 150 valence electrons. The predicted octanol–water partition coefficient (Wildman–Crippen LogP) is 6.77. The molecule has 0 saturated heterocycles. The van der Waals surface area contributed by atoms with Crippen molar-refractivity contribution >= 4 is 27.8 Å². The fraction of sp³-hybridized carbons (Fsp3) is 0.0357. The summed E-state index contributed by atoms with van der Waals surface area (Å²) < 4.78 is 1.73. The van der Waals surface area contributed by atoms with Crippen LogP contribution in [0.3, 0.4) is 0 Å². The molecule has 0 N–H and O–H groups in total. The number of anilines is 3. The molecule has 5 aromatic rings. The predicted molar refractivity (Wildman–Crippen MR) is 129 cm³/mol. The van der Waals surface area contributed by atoms with Gasteiger partial charge in [-0.15, -0.1) is 0 Å². The Labute approximate surface area is 181 Å². The van der Waals surface area contributed by atoms with Gasteiger partial charge in [0.05, 0.1) is 0 Å². The van der Waals surface area contributed by atoms with E-state index in [1.54, 1.807) is 4.57 Å². The normalized spacial score (nSPS) is 10.9. The van der Waals surface area contributed by atoms with Crippen molar-refractivity contribution in [2.45, 2.75) is 6.92 Å². The number of para-hydroxylation sites is 3. The molecule has 0 atom stereocenters. The molecule has 3 heteroatoms. The molecule has 0 amide bonds. The second-order valence-corrected chi connectivity index (χ2v) is 7.56. The molecule has 31 heavy (non-hydrogen) atoms. The van der Waals surface area contributed by atoms with E-state index >= 15 is 0 Å². The van der Waals surface area contributed by atoms with Crippen LogP contribution in [0, 0.1) is 6.92 Å². The fourth-order valence-electron chi connectivity index (χ4n) is 4.03. The molecular weight excluding hydrogens is 380 g/mol. The second-order valence-electron chi connectivity index (χ2n) is 7.56. The summed E-state index contributed by atoms with van der Waals surface area (Å²) in [5, 5.41) is 1.68. The molecule has 3 nitrogen and oxygen atoms in total. The van der Waals surface area contributed by atoms with Gasteiger partial charge in [-0.1, -0.05) is 60.7 Å². The number of hydrogen-bond donors (Lipinski definition) is 0. The zero-order valence-corrected chi connectivity index (χ0v) is 17.3. The van der Waals surface area contributed by atoms with Crippen molar-refractivity contribution in [3.8, 4) is 5.69 Å². The van der Waals surface area contributed by atoms with Gasteiger partial charge in [-0.3, -0.25) is 9.36 Å². The zero-order chi connectivity index (χ0) is 21.2. The third-order valence-electron chi connectivity index (χ3n) is 5.52. The number of hydrogen-bond acceptors (Lipinski definition) is 2. The van der Waals surface area contributed by atoms with E-state index in [-0.39, 0.29) is 5.56 Å². The molecule has 0 unspecified atom stereocenters. The van der Waals surface area contributed by atoms with E-state index in [1.165, 1.54) is 0 Å². The summed E-state index contributed by atoms with van der Waals surface area (Å²) in [6.45, 7) is 2.05. The molecule has 0 spiro atoms. The van der Waals surface area contributed by atoms with Crippen LogP contribution in [0.4, 0.5) is 17.1 Å². The van der Waals surface area contributed by atoms with E-state index in [0.29, 0.717) is 5.39 Å². The lowest BCUT2D eigenvalue weighted by molar-refractivity contribution is 0.996. The van der Waals surface area contributed by atoms with E-state index in [9.17, 15) is 4.79 Å². The first-order valence-corrected chi connectivity index (χ1v) is 10.3. The third kappa shape index (κ3) is 3.51. The van der Waals surface area contributed by atoms with Crippen LogP contribution in [-0.4, -0.2) is 4.57 Å². The second kappa shape index (κ2) is 7.96. The van der Waals surface area contributed by atoms with Crippen LogP contribution in [0.5, 0.6) is 0 Å². The van der Waals surface area contributed by atoms with Gasteiger partial charge in [-0.25, -0.2) is 0 Å². The van der Waals surface area contributed by atoms with Crippen molar-refractivity contribution in [2.24, 2.45) is 0 Å². The number of pyridine rings is 1. The first-order chi connectivity index (χ1) is 15.2. The molecule has 0 saturated carbocycles. The van der Waals surface area contributed by atoms with Gasteiger partial charge < -0.3 is 4.90 Å². The van der Waals surface area contributed by atoms with Crippen molar-refractivity contribution in [1.82, 2.24) is 4.57 Å². The summed E-state index contributed by atoms with van der Waals surface area (Å²) in [6.07, 6.45) is 1.92. The third-order valence-corrected chi connectivity index (χ3v) is 5.52. The monoisotopic (exact) mass is 402 g/mol. The Morgan fingerprint density at radius 3 is 1.74 bits per heavy atom. The number of benzene rings is 4. The Morgan fingerprint density at radius 2 is 1.16 bits per heavy atom. The maximum absolute atomic E-state index is 13.5. The minimum atomic E-state index is -0.0188. The van der Waals surface area contributed by atoms with Crippen LogP contribution in [0.25, 0.3) is 16.5 Å². The van der Waals surface area contributed by atoms with Gasteiger partial charge in [0.2, 0.25) is 0 Å². The summed E-state index contributed by atoms with van der Waals surface area (Å²) in [7, 11) is 0. The number of fused-ring (bicyclic) bond motifs is 1. The highest BCUT2D eigenvalue weighted by Gasteiger charge is 2.15. The molecule has 0 aliphatic carbocycles. The van der Waals surface area contributed by atoms with E-state index in [2.05, 4.69) is 41.3 Å². The molecule has 0 fully saturated rings. The molecular formula is C28H22N2O. The van der Waals surface area contributed by atoms with Crippen molar-refractivity contribution in [3.05, 3.63) is 131 Å². The van der Waals surface area contributed by atoms with E-state index in [4.69, 9.17) is 0 Å². The van der Waals surface area contributed by atoms with Gasteiger partial charge >= 0.3 is 0 Å². The number of aryl methyl sites for hydroxylation is 1. The summed E-state index contributed by atoms with van der Waals surface area (Å²) in [5.74, 6) is 0. The molecule has 0 aliphatic heterocycles. The molecule has 5 rings (SSSR count). The largest absolute Gasteiger partial charge is 0.310 e. The smallest absolute Gasteiger partial charge is 0.263 e. The van der Waals surface area contributed by atoms with Gasteiger partial charge in [0.1, 0.15) is 0 Å². The van der Waals surface area contributed by atoms with Gasteiger partial charge in [0.15, 0.2) is 0 Å². The quantitative estimate of drug-likeness (QED) is 0.331. The molecule has 0 bridgehead atoms. The highest BCUT2D eigenvalue weighted by molar-refractivity contribution is 5.90. The number of aromatic nitrogens is 1. The Morgan fingerprint density at radius 1 is 0.613 bits per heavy atom. The summed E-state index contributed by atoms with van der Waals surface area (Å²) in [4.78, 5) is 15.6. The van der Waals surface area contributed by atoms with Crippen LogP contribution in [0.1, 0.15) is 5.56 Å². The SMILES string of the molecule is Cc1cn(-c2ccccc2)c(=O)c2cc(N(c3ccccc3)c3ccccc3)ccc12. The standard InChI is InChI=1S/C28H22N2O/c1-21-20-29(22-11-5-2-6-12-22)28(31)27-19-25(17-18-26(21)27)30(23-13-7-3-8-14-23)24-15-9-4-10-16-24/h2-20H,1H3. The van der Waals surface area contributed by atoms with Crippen molar-refractivity contribution in [3.63, 3.8) is 0 Å². The molecule has 1 aromatic heterocycles. The molecule has 4 aromatic carbocycles. The van der Waals surface area contributed by atoms with Crippen LogP contribution in [-0.2, 0) is 0 Å². The Kier molecular flexibility index (Phi) is 4.85. The maximum atomic E-state index is 13.5. The lowest BCUT2D eigenvalue weighted by Crippen LogP contribution is -2.19. The Hall–Kier alpha value is -4.11. The number of rotatable bonds is 4. The molecule has 1 heterocycles. The van der Waals surface area contributed by atoms with Crippen LogP contribution < -0.4 is 10.5 Å². The van der Waals surface area contributed by atoms with Gasteiger partial charge in [0, 0.05) is 34.3 Å². The maximum Gasteiger partial charge on any atom is 0.263 e. The van der Waals surface area contributed by atoms with Crippen LogP contribution >= 0.6 is 0 Å². The van der Waals surface area contributed by atoms with E-state index < -0.39 is 0 Å². The molecule has 0 aliphatic rings.